The smallest absolute Gasteiger partial charge is 0.261 e. The molecule has 1 amide bonds. The number of carbonyl (C=O) groups is 1. The molecule has 0 aliphatic carbocycles. The predicted molar refractivity (Wildman–Crippen MR) is 142 cm³/mol. The molecule has 4 aromatic rings. The van der Waals surface area contributed by atoms with Gasteiger partial charge in [0, 0.05) is 36.2 Å². The lowest BCUT2D eigenvalue weighted by atomic mass is 9.80. The summed E-state index contributed by atoms with van der Waals surface area (Å²) in [7, 11) is 1.61. The number of rotatable bonds is 4. The minimum atomic E-state index is -0.968. The van der Waals surface area contributed by atoms with Gasteiger partial charge in [-0.15, -0.1) is 0 Å². The van der Waals surface area contributed by atoms with Crippen LogP contribution in [0.1, 0.15) is 34.3 Å². The predicted octanol–water partition coefficient (Wildman–Crippen LogP) is 5.60. The Morgan fingerprint density at radius 3 is 2.67 bits per heavy atom. The summed E-state index contributed by atoms with van der Waals surface area (Å²) in [5, 5.41) is 7.22. The Hall–Kier alpha value is -4.15. The number of hydrogen-bond donors (Lipinski definition) is 2. The molecule has 3 N–H and O–H groups in total. The Kier molecular flexibility index (Phi) is 5.55. The summed E-state index contributed by atoms with van der Waals surface area (Å²) in [6, 6.07) is 12.0. The largest absolute Gasteiger partial charge is 0.480 e. The number of halogens is 3. The van der Waals surface area contributed by atoms with Crippen LogP contribution in [0.25, 0.3) is 11.1 Å². The Bertz CT molecular complexity index is 1700. The highest BCUT2D eigenvalue weighted by Crippen LogP contribution is 2.55. The highest BCUT2D eigenvalue weighted by molar-refractivity contribution is 6.34. The number of fused-ring (bicyclic) bond motifs is 3. The minimum absolute atomic E-state index is 0.0130. The van der Waals surface area contributed by atoms with Gasteiger partial charge >= 0.3 is 0 Å². The van der Waals surface area contributed by atoms with Gasteiger partial charge in [-0.3, -0.25) is 4.79 Å². The number of nitrogens with two attached hydrogens (primary N) is 1. The van der Waals surface area contributed by atoms with Crippen LogP contribution in [0.3, 0.4) is 0 Å². The van der Waals surface area contributed by atoms with Crippen LogP contribution in [0, 0.1) is 11.6 Å². The van der Waals surface area contributed by atoms with Gasteiger partial charge in [0.05, 0.1) is 22.8 Å². The third kappa shape index (κ3) is 3.52. The molecule has 3 aliphatic rings. The Balaban J connectivity index is 1.46. The van der Waals surface area contributed by atoms with Gasteiger partial charge in [0.25, 0.3) is 5.88 Å². The third-order valence-corrected chi connectivity index (χ3v) is 8.25. The summed E-state index contributed by atoms with van der Waals surface area (Å²) in [5.41, 5.74) is 5.63. The molecular weight excluding hydrogens is 542 g/mol. The standard InChI is InChI=1S/C29H23ClF2N4O4/c1-36-28-20(13-35-36)38-19-10-15(27(33)37)23(25(32)26(19)39-28)22-16-12-29(21-8-5-9-34-21,14-6-3-2-4-7-14)40-18(16)11-17(31)24(22)30/h2-4,6-7,10-11,13,21,34H,5,8-9,12H2,1H3,(H2,33,37)/t21-,29-/m0/s1. The molecule has 1 fully saturated rings. The molecule has 0 bridgehead atoms. The number of ether oxygens (including phenoxy) is 3. The second kappa shape index (κ2) is 8.94. The van der Waals surface area contributed by atoms with Crippen LogP contribution >= 0.6 is 11.6 Å². The monoisotopic (exact) mass is 564 g/mol. The van der Waals surface area contributed by atoms with E-state index >= 15 is 8.78 Å². The first-order valence-electron chi connectivity index (χ1n) is 12.8. The van der Waals surface area contributed by atoms with Crippen molar-refractivity contribution in [2.75, 3.05) is 6.54 Å². The second-order valence-electron chi connectivity index (χ2n) is 10.2. The first-order valence-corrected chi connectivity index (χ1v) is 13.2. The maximum Gasteiger partial charge on any atom is 0.261 e. The molecule has 40 heavy (non-hydrogen) atoms. The van der Waals surface area contributed by atoms with Crippen molar-refractivity contribution < 1.29 is 27.8 Å². The van der Waals surface area contributed by atoms with Gasteiger partial charge in [-0.1, -0.05) is 41.9 Å². The SMILES string of the molecule is Cn1ncc2c1Oc1c(cc(C(N)=O)c(-c3c(Cl)c(F)cc4c3C[C@](c3ccccc3)([C@@H]3CCCN3)O4)c1F)O2. The maximum absolute atomic E-state index is 16.5. The minimum Gasteiger partial charge on any atom is -0.480 e. The number of aryl methyl sites for hydroxylation is 1. The van der Waals surface area contributed by atoms with Crippen molar-refractivity contribution in [1.82, 2.24) is 15.1 Å². The molecule has 0 spiro atoms. The molecular formula is C29H23ClF2N4O4. The van der Waals surface area contributed by atoms with Crippen LogP contribution in [0.15, 0.2) is 48.7 Å². The van der Waals surface area contributed by atoms with Crippen LogP contribution in [-0.4, -0.2) is 28.3 Å². The van der Waals surface area contributed by atoms with E-state index in [0.717, 1.165) is 24.9 Å². The molecule has 0 radical (unpaired) electrons. The van der Waals surface area contributed by atoms with E-state index in [1.165, 1.54) is 23.0 Å². The van der Waals surface area contributed by atoms with Crippen molar-refractivity contribution in [3.8, 4) is 40.0 Å². The van der Waals surface area contributed by atoms with Crippen molar-refractivity contribution in [2.24, 2.45) is 12.8 Å². The molecule has 0 unspecified atom stereocenters. The fourth-order valence-corrected chi connectivity index (χ4v) is 6.31. The van der Waals surface area contributed by atoms with E-state index in [4.69, 9.17) is 31.5 Å². The van der Waals surface area contributed by atoms with Crippen LogP contribution < -0.4 is 25.3 Å². The zero-order valence-electron chi connectivity index (χ0n) is 21.3. The zero-order valence-corrected chi connectivity index (χ0v) is 22.0. The number of benzene rings is 3. The van der Waals surface area contributed by atoms with Gasteiger partial charge in [0.15, 0.2) is 17.2 Å². The number of nitrogens with zero attached hydrogens (tertiary/aromatic N) is 2. The summed E-state index contributed by atoms with van der Waals surface area (Å²) in [4.78, 5) is 12.7. The average molecular weight is 565 g/mol. The summed E-state index contributed by atoms with van der Waals surface area (Å²) >= 11 is 6.58. The van der Waals surface area contributed by atoms with Gasteiger partial charge in [-0.25, -0.2) is 13.5 Å². The van der Waals surface area contributed by atoms with E-state index in [-0.39, 0.29) is 63.1 Å². The van der Waals surface area contributed by atoms with Crippen LogP contribution in [0.4, 0.5) is 8.78 Å². The Morgan fingerprint density at radius 1 is 1.15 bits per heavy atom. The van der Waals surface area contributed by atoms with E-state index < -0.39 is 23.1 Å². The molecule has 204 valence electrons. The first kappa shape index (κ1) is 24.9. The van der Waals surface area contributed by atoms with Crippen molar-refractivity contribution in [2.45, 2.75) is 30.9 Å². The second-order valence-corrected chi connectivity index (χ2v) is 10.5. The lowest BCUT2D eigenvalue weighted by Gasteiger charge is -2.35. The van der Waals surface area contributed by atoms with Crippen molar-refractivity contribution in [3.63, 3.8) is 0 Å². The summed E-state index contributed by atoms with van der Waals surface area (Å²) < 4.78 is 51.5. The molecule has 3 aromatic carbocycles. The van der Waals surface area contributed by atoms with Crippen molar-refractivity contribution >= 4 is 17.5 Å². The van der Waals surface area contributed by atoms with E-state index in [1.807, 2.05) is 30.3 Å². The van der Waals surface area contributed by atoms with E-state index in [9.17, 15) is 4.79 Å². The molecule has 0 saturated carbocycles. The number of amides is 1. The van der Waals surface area contributed by atoms with Crippen LogP contribution in [0.5, 0.6) is 28.9 Å². The highest BCUT2D eigenvalue weighted by Gasteiger charge is 2.50. The summed E-state index contributed by atoms with van der Waals surface area (Å²) in [5.74, 6) is -2.47. The first-order chi connectivity index (χ1) is 19.3. The van der Waals surface area contributed by atoms with Crippen molar-refractivity contribution in [3.05, 3.63) is 82.0 Å². The number of hydrogen-bond acceptors (Lipinski definition) is 6. The normalized spacial score (nSPS) is 20.6. The average Bonchev–Trinajstić information content (AvgIpc) is 3.70. The maximum atomic E-state index is 16.5. The fourth-order valence-electron chi connectivity index (χ4n) is 6.05. The molecule has 3 aliphatic heterocycles. The van der Waals surface area contributed by atoms with Crippen LogP contribution in [0.2, 0.25) is 5.02 Å². The van der Waals surface area contributed by atoms with E-state index in [1.54, 1.807) is 7.05 Å². The summed E-state index contributed by atoms with van der Waals surface area (Å²) in [6.07, 6.45) is 3.42. The topological polar surface area (TPSA) is 101 Å². The lowest BCUT2D eigenvalue weighted by molar-refractivity contribution is 0.0539. The van der Waals surface area contributed by atoms with Gasteiger partial charge in [0.2, 0.25) is 17.4 Å². The van der Waals surface area contributed by atoms with E-state index in [2.05, 4.69) is 10.4 Å². The fraction of sp³-hybridized carbons (Fsp3) is 0.241. The summed E-state index contributed by atoms with van der Waals surface area (Å²) in [6.45, 7) is 0.805. The number of nitrogens with one attached hydrogen (secondary N) is 1. The molecule has 2 atom stereocenters. The Labute approximate surface area is 232 Å². The lowest BCUT2D eigenvalue weighted by Crippen LogP contribution is -2.48. The number of aromatic nitrogens is 2. The van der Waals surface area contributed by atoms with E-state index in [0.29, 0.717) is 5.56 Å². The van der Waals surface area contributed by atoms with Gasteiger partial charge in [-0.2, -0.15) is 5.10 Å². The van der Waals surface area contributed by atoms with Crippen molar-refractivity contribution in [1.29, 1.82) is 0 Å². The molecule has 8 nitrogen and oxygen atoms in total. The highest BCUT2D eigenvalue weighted by atomic mass is 35.5. The quantitative estimate of drug-likeness (QED) is 0.295. The molecule has 4 heterocycles. The molecule has 1 aromatic heterocycles. The van der Waals surface area contributed by atoms with Gasteiger partial charge in [-0.05, 0) is 31.0 Å². The molecule has 11 heteroatoms. The zero-order chi connectivity index (χ0) is 27.8. The molecule has 7 rings (SSSR count). The van der Waals surface area contributed by atoms with Crippen LogP contribution in [-0.2, 0) is 19.1 Å². The van der Waals surface area contributed by atoms with Gasteiger partial charge in [0.1, 0.15) is 11.6 Å². The third-order valence-electron chi connectivity index (χ3n) is 7.88. The van der Waals surface area contributed by atoms with Gasteiger partial charge < -0.3 is 25.3 Å². The Morgan fingerprint density at radius 2 is 1.95 bits per heavy atom. The number of carbonyl (C=O) groups excluding carboxylic acids is 1. The molecule has 1 saturated heterocycles. The number of primary amides is 1.